The predicted molar refractivity (Wildman–Crippen MR) is 132 cm³/mol. The SMILES string of the molecule is COc1nc(Nc2cc(C3CCN(C4COC4)CC3)c(C)cc2C=N)cc(N2CC(C)(O)C2)n1. The molecule has 0 amide bonds. The number of hydrogen-bond donors (Lipinski definition) is 3. The Morgan fingerprint density at radius 2 is 1.94 bits per heavy atom. The number of ether oxygens (including phenoxy) is 2. The van der Waals surface area contributed by atoms with E-state index >= 15 is 0 Å². The Labute approximate surface area is 200 Å². The van der Waals surface area contributed by atoms with Crippen LogP contribution in [0.25, 0.3) is 0 Å². The molecule has 3 aliphatic heterocycles. The standard InChI is InChI=1S/C25H34N6O3/c1-16-8-18(11-26)21(9-20(16)17-4-6-30(7-5-17)19-12-34-13-19)27-22-10-23(29-24(28-22)33-3)31-14-25(2,32)15-31/h8-11,17,19,26,32H,4-7,12-15H2,1-3H3,(H,27,28,29). The molecule has 3 saturated heterocycles. The molecule has 9 nitrogen and oxygen atoms in total. The van der Waals surface area contributed by atoms with Crippen molar-refractivity contribution < 1.29 is 14.6 Å². The lowest BCUT2D eigenvalue weighted by atomic mass is 9.85. The van der Waals surface area contributed by atoms with Crippen molar-refractivity contribution in [2.75, 3.05) is 56.7 Å². The third kappa shape index (κ3) is 4.60. The molecule has 5 rings (SSSR count). The second kappa shape index (κ2) is 9.13. The van der Waals surface area contributed by atoms with Gasteiger partial charge in [0.25, 0.3) is 0 Å². The number of aryl methyl sites for hydroxylation is 1. The molecule has 9 heteroatoms. The number of aliphatic hydroxyl groups is 1. The number of nitrogens with zero attached hydrogens (tertiary/aromatic N) is 4. The van der Waals surface area contributed by atoms with Gasteiger partial charge in [-0.3, -0.25) is 4.90 Å². The first kappa shape index (κ1) is 23.0. The van der Waals surface area contributed by atoms with E-state index < -0.39 is 5.60 Å². The van der Waals surface area contributed by atoms with E-state index in [9.17, 15) is 5.11 Å². The molecule has 3 fully saturated rings. The van der Waals surface area contributed by atoms with Crippen LogP contribution in [0.2, 0.25) is 0 Å². The van der Waals surface area contributed by atoms with Crippen LogP contribution in [0.15, 0.2) is 18.2 Å². The summed E-state index contributed by atoms with van der Waals surface area (Å²) in [6, 6.07) is 7.00. The van der Waals surface area contributed by atoms with Gasteiger partial charge in [-0.05, 0) is 69.0 Å². The van der Waals surface area contributed by atoms with E-state index in [0.29, 0.717) is 36.7 Å². The Morgan fingerprint density at radius 1 is 1.21 bits per heavy atom. The van der Waals surface area contributed by atoms with Crippen molar-refractivity contribution in [1.29, 1.82) is 5.41 Å². The highest BCUT2D eigenvalue weighted by Gasteiger charge is 2.37. The maximum atomic E-state index is 10.1. The highest BCUT2D eigenvalue weighted by atomic mass is 16.5. The number of hydrogen-bond acceptors (Lipinski definition) is 9. The molecule has 2 aromatic rings. The number of likely N-dealkylation sites (tertiary alicyclic amines) is 1. The molecule has 3 aliphatic rings. The van der Waals surface area contributed by atoms with Gasteiger partial charge in [-0.25, -0.2) is 0 Å². The largest absolute Gasteiger partial charge is 0.467 e. The molecule has 0 saturated carbocycles. The minimum atomic E-state index is -0.702. The van der Waals surface area contributed by atoms with E-state index in [1.165, 1.54) is 17.3 Å². The van der Waals surface area contributed by atoms with Crippen LogP contribution in [0.5, 0.6) is 6.01 Å². The number of nitrogens with one attached hydrogen (secondary N) is 2. The van der Waals surface area contributed by atoms with Gasteiger partial charge < -0.3 is 30.2 Å². The number of methoxy groups -OCH3 is 1. The lowest BCUT2D eigenvalue weighted by Gasteiger charge is -2.44. The number of benzene rings is 1. The predicted octanol–water partition coefficient (Wildman–Crippen LogP) is 2.68. The normalized spacial score (nSPS) is 21.0. The van der Waals surface area contributed by atoms with Crippen LogP contribution in [0.3, 0.4) is 0 Å². The van der Waals surface area contributed by atoms with Crippen molar-refractivity contribution in [3.8, 4) is 6.01 Å². The van der Waals surface area contributed by atoms with Crippen molar-refractivity contribution in [3.05, 3.63) is 34.9 Å². The smallest absolute Gasteiger partial charge is 0.320 e. The second-order valence-corrected chi connectivity index (χ2v) is 10.0. The molecule has 1 aromatic heterocycles. The maximum absolute atomic E-state index is 10.1. The average molecular weight is 467 g/mol. The molecule has 0 radical (unpaired) electrons. The molecule has 182 valence electrons. The number of piperidine rings is 1. The summed E-state index contributed by atoms with van der Waals surface area (Å²) in [4.78, 5) is 13.5. The number of aromatic nitrogens is 2. The fraction of sp³-hybridized carbons (Fsp3) is 0.560. The summed E-state index contributed by atoms with van der Waals surface area (Å²) in [5.74, 6) is 1.81. The minimum absolute atomic E-state index is 0.266. The minimum Gasteiger partial charge on any atom is -0.467 e. The number of anilines is 3. The fourth-order valence-corrected chi connectivity index (χ4v) is 5.23. The van der Waals surface area contributed by atoms with Gasteiger partial charge >= 0.3 is 6.01 Å². The summed E-state index contributed by atoms with van der Waals surface area (Å²) < 4.78 is 10.7. The third-order valence-corrected chi connectivity index (χ3v) is 7.22. The summed E-state index contributed by atoms with van der Waals surface area (Å²) in [6.45, 7) is 8.90. The first-order valence-electron chi connectivity index (χ1n) is 12.0. The highest BCUT2D eigenvalue weighted by molar-refractivity contribution is 5.88. The lowest BCUT2D eigenvalue weighted by molar-refractivity contribution is -0.0712. The molecular weight excluding hydrogens is 432 g/mol. The summed E-state index contributed by atoms with van der Waals surface area (Å²) in [7, 11) is 1.55. The van der Waals surface area contributed by atoms with Crippen LogP contribution in [-0.2, 0) is 4.74 Å². The van der Waals surface area contributed by atoms with Crippen molar-refractivity contribution >= 4 is 23.5 Å². The van der Waals surface area contributed by atoms with Crippen LogP contribution < -0.4 is 15.0 Å². The molecule has 0 bridgehead atoms. The topological polar surface area (TPSA) is 107 Å². The van der Waals surface area contributed by atoms with Crippen molar-refractivity contribution in [2.45, 2.75) is 44.2 Å². The maximum Gasteiger partial charge on any atom is 0.320 e. The van der Waals surface area contributed by atoms with Gasteiger partial charge in [0.15, 0.2) is 0 Å². The first-order valence-corrected chi connectivity index (χ1v) is 12.0. The monoisotopic (exact) mass is 466 g/mol. The molecular formula is C25H34N6O3. The van der Waals surface area contributed by atoms with Gasteiger partial charge in [0.2, 0.25) is 0 Å². The van der Waals surface area contributed by atoms with E-state index in [0.717, 1.165) is 50.4 Å². The van der Waals surface area contributed by atoms with E-state index in [1.54, 1.807) is 7.11 Å². The number of rotatable bonds is 7. The molecule has 0 aliphatic carbocycles. The summed E-state index contributed by atoms with van der Waals surface area (Å²) in [5, 5.41) is 21.5. The lowest BCUT2D eigenvalue weighted by Crippen LogP contribution is -2.60. The average Bonchev–Trinajstić information content (AvgIpc) is 2.77. The highest BCUT2D eigenvalue weighted by Crippen LogP contribution is 2.36. The molecule has 1 aromatic carbocycles. The van der Waals surface area contributed by atoms with Crippen LogP contribution in [-0.4, -0.2) is 84.3 Å². The zero-order valence-electron chi connectivity index (χ0n) is 20.2. The van der Waals surface area contributed by atoms with E-state index in [2.05, 4.69) is 39.2 Å². The molecule has 0 unspecified atom stereocenters. The Hall–Kier alpha value is -2.75. The van der Waals surface area contributed by atoms with Gasteiger partial charge in [-0.2, -0.15) is 9.97 Å². The molecule has 4 heterocycles. The van der Waals surface area contributed by atoms with Gasteiger partial charge in [0, 0.05) is 36.6 Å². The Morgan fingerprint density at radius 3 is 2.53 bits per heavy atom. The van der Waals surface area contributed by atoms with Crippen LogP contribution in [0, 0.1) is 12.3 Å². The second-order valence-electron chi connectivity index (χ2n) is 10.0. The molecule has 3 N–H and O–H groups in total. The van der Waals surface area contributed by atoms with Crippen molar-refractivity contribution in [3.63, 3.8) is 0 Å². The molecule has 0 atom stereocenters. The summed E-state index contributed by atoms with van der Waals surface area (Å²) in [6.07, 6.45) is 3.63. The van der Waals surface area contributed by atoms with Gasteiger partial charge in [0.1, 0.15) is 11.6 Å². The van der Waals surface area contributed by atoms with Gasteiger partial charge in [-0.1, -0.05) is 0 Å². The summed E-state index contributed by atoms with van der Waals surface area (Å²) >= 11 is 0. The zero-order valence-corrected chi connectivity index (χ0v) is 20.2. The quantitative estimate of drug-likeness (QED) is 0.535. The molecule has 0 spiro atoms. The van der Waals surface area contributed by atoms with Crippen LogP contribution >= 0.6 is 0 Å². The Bertz CT molecular complexity index is 1050. The zero-order chi connectivity index (χ0) is 23.9. The van der Waals surface area contributed by atoms with Crippen LogP contribution in [0.4, 0.5) is 17.3 Å². The first-order chi connectivity index (χ1) is 16.3. The Kier molecular flexibility index (Phi) is 6.18. The Balaban J connectivity index is 1.38. The van der Waals surface area contributed by atoms with E-state index in [-0.39, 0.29) is 6.01 Å². The fourth-order valence-electron chi connectivity index (χ4n) is 5.23. The van der Waals surface area contributed by atoms with E-state index in [4.69, 9.17) is 14.9 Å². The third-order valence-electron chi connectivity index (χ3n) is 7.22. The van der Waals surface area contributed by atoms with E-state index in [1.807, 2.05) is 17.9 Å². The van der Waals surface area contributed by atoms with Crippen molar-refractivity contribution in [2.24, 2.45) is 0 Å². The molecule has 34 heavy (non-hydrogen) atoms. The van der Waals surface area contributed by atoms with Gasteiger partial charge in [-0.15, -0.1) is 0 Å². The van der Waals surface area contributed by atoms with Crippen LogP contribution in [0.1, 0.15) is 42.4 Å². The van der Waals surface area contributed by atoms with Gasteiger partial charge in [0.05, 0.1) is 32.0 Å². The number of β-amino-alcohol motifs (C(OH)–C–C–N with tert-alkyl or cyclic N) is 1. The van der Waals surface area contributed by atoms with Crippen molar-refractivity contribution in [1.82, 2.24) is 14.9 Å². The summed E-state index contributed by atoms with van der Waals surface area (Å²) in [5.41, 5.74) is 3.52.